The van der Waals surface area contributed by atoms with Crippen LogP contribution in [0.2, 0.25) is 0 Å². The van der Waals surface area contributed by atoms with Crippen molar-refractivity contribution in [3.63, 3.8) is 0 Å². The number of rotatable bonds is 2. The monoisotopic (exact) mass is 222 g/mol. The van der Waals surface area contributed by atoms with Crippen LogP contribution in [0.15, 0.2) is 24.3 Å². The molecule has 2 unspecified atom stereocenters. The molecule has 1 aromatic rings. The highest BCUT2D eigenvalue weighted by atomic mass is 19.1. The van der Waals surface area contributed by atoms with Gasteiger partial charge in [0.25, 0.3) is 0 Å². The SMILES string of the molecule is CN1C(=O)CC(CN)C1c1ccc(F)cc1. The van der Waals surface area contributed by atoms with Crippen molar-refractivity contribution in [2.24, 2.45) is 11.7 Å². The predicted molar refractivity (Wildman–Crippen MR) is 59.1 cm³/mol. The van der Waals surface area contributed by atoms with Crippen LogP contribution in [-0.2, 0) is 4.79 Å². The van der Waals surface area contributed by atoms with E-state index in [4.69, 9.17) is 5.73 Å². The van der Waals surface area contributed by atoms with E-state index in [-0.39, 0.29) is 23.7 Å². The largest absolute Gasteiger partial charge is 0.338 e. The fourth-order valence-corrected chi connectivity index (χ4v) is 2.32. The smallest absolute Gasteiger partial charge is 0.223 e. The van der Waals surface area contributed by atoms with Crippen LogP contribution in [0.4, 0.5) is 4.39 Å². The van der Waals surface area contributed by atoms with Crippen LogP contribution in [-0.4, -0.2) is 24.4 Å². The van der Waals surface area contributed by atoms with Gasteiger partial charge in [-0.1, -0.05) is 12.1 Å². The second-order valence-corrected chi connectivity index (χ2v) is 4.20. The van der Waals surface area contributed by atoms with E-state index in [1.807, 2.05) is 0 Å². The van der Waals surface area contributed by atoms with E-state index in [2.05, 4.69) is 0 Å². The second kappa shape index (κ2) is 4.22. The van der Waals surface area contributed by atoms with E-state index in [0.29, 0.717) is 13.0 Å². The number of carbonyl (C=O) groups excluding carboxylic acids is 1. The number of likely N-dealkylation sites (tertiary alicyclic amines) is 1. The first-order valence-electron chi connectivity index (χ1n) is 5.34. The summed E-state index contributed by atoms with van der Waals surface area (Å²) in [6.07, 6.45) is 0.481. The lowest BCUT2D eigenvalue weighted by Gasteiger charge is -2.24. The van der Waals surface area contributed by atoms with Crippen LogP contribution in [0.25, 0.3) is 0 Å². The van der Waals surface area contributed by atoms with Crippen LogP contribution >= 0.6 is 0 Å². The molecule has 3 nitrogen and oxygen atoms in total. The molecule has 1 aliphatic rings. The molecule has 1 aromatic carbocycles. The predicted octanol–water partition coefficient (Wildman–Crippen LogP) is 1.30. The summed E-state index contributed by atoms with van der Waals surface area (Å²) < 4.78 is 12.8. The second-order valence-electron chi connectivity index (χ2n) is 4.20. The number of nitrogens with two attached hydrogens (primary N) is 1. The molecule has 2 atom stereocenters. The summed E-state index contributed by atoms with van der Waals surface area (Å²) in [5.74, 6) is -0.0345. The molecule has 1 aliphatic heterocycles. The average Bonchev–Trinajstić information content (AvgIpc) is 2.57. The Kier molecular flexibility index (Phi) is 2.92. The van der Waals surface area contributed by atoms with E-state index in [0.717, 1.165) is 5.56 Å². The van der Waals surface area contributed by atoms with Crippen molar-refractivity contribution in [3.8, 4) is 0 Å². The summed E-state index contributed by atoms with van der Waals surface area (Å²) in [5, 5.41) is 0. The Morgan fingerprint density at radius 1 is 1.44 bits per heavy atom. The molecule has 0 spiro atoms. The number of hydrogen-bond acceptors (Lipinski definition) is 2. The van der Waals surface area contributed by atoms with E-state index in [9.17, 15) is 9.18 Å². The highest BCUT2D eigenvalue weighted by Gasteiger charge is 2.37. The normalized spacial score (nSPS) is 25.2. The van der Waals surface area contributed by atoms with Gasteiger partial charge in [0.1, 0.15) is 5.82 Å². The van der Waals surface area contributed by atoms with E-state index in [1.165, 1.54) is 12.1 Å². The topological polar surface area (TPSA) is 46.3 Å². The zero-order chi connectivity index (χ0) is 11.7. The van der Waals surface area contributed by atoms with Crippen molar-refractivity contribution >= 4 is 5.91 Å². The first-order valence-corrected chi connectivity index (χ1v) is 5.34. The maximum absolute atomic E-state index is 12.8. The van der Waals surface area contributed by atoms with Crippen molar-refractivity contribution in [1.82, 2.24) is 4.90 Å². The molecule has 0 aromatic heterocycles. The molecule has 0 aliphatic carbocycles. The van der Waals surface area contributed by atoms with E-state index in [1.54, 1.807) is 24.1 Å². The van der Waals surface area contributed by atoms with Gasteiger partial charge in [0.05, 0.1) is 6.04 Å². The molecule has 0 radical (unpaired) electrons. The number of benzene rings is 1. The van der Waals surface area contributed by atoms with Gasteiger partial charge in [-0.2, -0.15) is 0 Å². The van der Waals surface area contributed by atoms with E-state index < -0.39 is 0 Å². The van der Waals surface area contributed by atoms with Crippen LogP contribution < -0.4 is 5.73 Å². The van der Waals surface area contributed by atoms with Gasteiger partial charge < -0.3 is 10.6 Å². The van der Waals surface area contributed by atoms with Gasteiger partial charge in [0, 0.05) is 19.4 Å². The number of nitrogens with zero attached hydrogens (tertiary/aromatic N) is 1. The summed E-state index contributed by atoms with van der Waals surface area (Å²) in [4.78, 5) is 13.3. The highest BCUT2D eigenvalue weighted by molar-refractivity contribution is 5.79. The fourth-order valence-electron chi connectivity index (χ4n) is 2.32. The van der Waals surface area contributed by atoms with Gasteiger partial charge in [-0.3, -0.25) is 4.79 Å². The van der Waals surface area contributed by atoms with Crippen molar-refractivity contribution in [2.45, 2.75) is 12.5 Å². The lowest BCUT2D eigenvalue weighted by molar-refractivity contribution is -0.127. The molecule has 4 heteroatoms. The zero-order valence-corrected chi connectivity index (χ0v) is 9.19. The minimum Gasteiger partial charge on any atom is -0.338 e. The van der Waals surface area contributed by atoms with Crippen LogP contribution in [0.1, 0.15) is 18.0 Å². The first kappa shape index (κ1) is 11.1. The van der Waals surface area contributed by atoms with Crippen LogP contribution in [0.5, 0.6) is 0 Å². The molecule has 1 amide bonds. The quantitative estimate of drug-likeness (QED) is 0.820. The number of halogens is 1. The molecule has 16 heavy (non-hydrogen) atoms. The van der Waals surface area contributed by atoms with Crippen molar-refractivity contribution in [3.05, 3.63) is 35.6 Å². The minimum atomic E-state index is -0.264. The molecule has 86 valence electrons. The Morgan fingerprint density at radius 3 is 2.62 bits per heavy atom. The Labute approximate surface area is 94.0 Å². The molecule has 2 rings (SSSR count). The molecule has 0 bridgehead atoms. The molecule has 1 heterocycles. The summed E-state index contributed by atoms with van der Waals surface area (Å²) in [7, 11) is 1.77. The van der Waals surface area contributed by atoms with Gasteiger partial charge in [0.15, 0.2) is 0 Å². The molecular formula is C12H15FN2O. The van der Waals surface area contributed by atoms with Gasteiger partial charge in [0.2, 0.25) is 5.91 Å². The van der Waals surface area contributed by atoms with Gasteiger partial charge >= 0.3 is 0 Å². The Bertz CT molecular complexity index is 391. The first-order chi connectivity index (χ1) is 7.63. The third kappa shape index (κ3) is 1.80. The summed E-state index contributed by atoms with van der Waals surface area (Å²) in [5.41, 5.74) is 6.61. The van der Waals surface area contributed by atoms with E-state index >= 15 is 0 Å². The third-order valence-corrected chi connectivity index (χ3v) is 3.21. The van der Waals surface area contributed by atoms with Crippen LogP contribution in [0, 0.1) is 11.7 Å². The van der Waals surface area contributed by atoms with Gasteiger partial charge in [-0.25, -0.2) is 4.39 Å². The third-order valence-electron chi connectivity index (χ3n) is 3.21. The Balaban J connectivity index is 2.31. The zero-order valence-electron chi connectivity index (χ0n) is 9.19. The maximum Gasteiger partial charge on any atom is 0.223 e. The highest BCUT2D eigenvalue weighted by Crippen LogP contribution is 2.36. The summed E-state index contributed by atoms with van der Waals surface area (Å²) >= 11 is 0. The molecule has 0 saturated carbocycles. The lowest BCUT2D eigenvalue weighted by Crippen LogP contribution is -2.26. The van der Waals surface area contributed by atoms with Crippen LogP contribution in [0.3, 0.4) is 0 Å². The van der Waals surface area contributed by atoms with Gasteiger partial charge in [-0.05, 0) is 24.2 Å². The Morgan fingerprint density at radius 2 is 2.06 bits per heavy atom. The molecule has 2 N–H and O–H groups in total. The number of amides is 1. The molecule has 1 fully saturated rings. The fraction of sp³-hybridized carbons (Fsp3) is 0.417. The van der Waals surface area contributed by atoms with Crippen molar-refractivity contribution in [2.75, 3.05) is 13.6 Å². The maximum atomic E-state index is 12.8. The average molecular weight is 222 g/mol. The number of hydrogen-bond donors (Lipinski definition) is 1. The minimum absolute atomic E-state index is 0.0156. The summed E-state index contributed by atoms with van der Waals surface area (Å²) in [6, 6.07) is 6.26. The van der Waals surface area contributed by atoms with Gasteiger partial charge in [-0.15, -0.1) is 0 Å². The Hall–Kier alpha value is -1.42. The molecular weight excluding hydrogens is 207 g/mol. The standard InChI is InChI=1S/C12H15FN2O/c1-15-11(16)6-9(7-14)12(15)8-2-4-10(13)5-3-8/h2-5,9,12H,6-7,14H2,1H3. The molecule has 1 saturated heterocycles. The lowest BCUT2D eigenvalue weighted by atomic mass is 9.94. The summed E-state index contributed by atoms with van der Waals surface area (Å²) in [6.45, 7) is 0.470. The number of carbonyl (C=O) groups is 1. The van der Waals surface area contributed by atoms with Crippen molar-refractivity contribution in [1.29, 1.82) is 0 Å². The van der Waals surface area contributed by atoms with Crippen molar-refractivity contribution < 1.29 is 9.18 Å².